The van der Waals surface area contributed by atoms with Gasteiger partial charge in [0, 0.05) is 11.1 Å². The van der Waals surface area contributed by atoms with Crippen molar-refractivity contribution in [3.8, 4) is 0 Å². The van der Waals surface area contributed by atoms with Crippen molar-refractivity contribution in [2.24, 2.45) is 0 Å². The van der Waals surface area contributed by atoms with Crippen LogP contribution in [0.1, 0.15) is 47.0 Å². The summed E-state index contributed by atoms with van der Waals surface area (Å²) in [6, 6.07) is 0. The lowest BCUT2D eigenvalue weighted by Crippen LogP contribution is -2.61. The topological polar surface area (TPSA) is 20.3 Å². The normalized spacial score (nSPS) is 24.8. The summed E-state index contributed by atoms with van der Waals surface area (Å²) in [4.78, 5) is 13.9. The zero-order valence-electron chi connectivity index (χ0n) is 9.56. The van der Waals surface area contributed by atoms with Gasteiger partial charge in [-0.1, -0.05) is 15.9 Å². The Morgan fingerprint density at radius 1 is 1.21 bits per heavy atom. The highest BCUT2D eigenvalue weighted by atomic mass is 79.9. The summed E-state index contributed by atoms with van der Waals surface area (Å²) in [7, 11) is 0. The van der Waals surface area contributed by atoms with Crippen molar-refractivity contribution in [2.45, 2.75) is 58.0 Å². The highest BCUT2D eigenvalue weighted by Gasteiger charge is 2.43. The first-order valence-corrected chi connectivity index (χ1v) is 6.32. The summed E-state index contributed by atoms with van der Waals surface area (Å²) in [5, 5.41) is 0.430. The van der Waals surface area contributed by atoms with Gasteiger partial charge < -0.3 is 4.90 Å². The molecular weight excluding hydrogens is 242 g/mol. The minimum absolute atomic E-state index is 0.00655. The van der Waals surface area contributed by atoms with E-state index in [2.05, 4.69) is 48.5 Å². The summed E-state index contributed by atoms with van der Waals surface area (Å²) in [5.41, 5.74) is 0.0131. The lowest BCUT2D eigenvalue weighted by Gasteiger charge is -2.52. The zero-order chi connectivity index (χ0) is 11.0. The minimum Gasteiger partial charge on any atom is -0.332 e. The summed E-state index contributed by atoms with van der Waals surface area (Å²) in [6.45, 7) is 8.64. The molecule has 1 rings (SSSR count). The van der Waals surface area contributed by atoms with Crippen LogP contribution in [0.15, 0.2) is 0 Å². The molecule has 1 fully saturated rings. The molecular formula is C11H20BrNO. The third-order valence-electron chi connectivity index (χ3n) is 3.15. The third kappa shape index (κ3) is 2.13. The lowest BCUT2D eigenvalue weighted by atomic mass is 9.80. The van der Waals surface area contributed by atoms with Crippen molar-refractivity contribution in [3.63, 3.8) is 0 Å². The van der Waals surface area contributed by atoms with Crippen molar-refractivity contribution >= 4 is 21.8 Å². The van der Waals surface area contributed by atoms with E-state index in [4.69, 9.17) is 0 Å². The van der Waals surface area contributed by atoms with Gasteiger partial charge in [0.15, 0.2) is 0 Å². The van der Waals surface area contributed by atoms with Crippen LogP contribution >= 0.6 is 15.9 Å². The van der Waals surface area contributed by atoms with E-state index in [1.165, 1.54) is 6.42 Å². The second-order valence-corrected chi connectivity index (χ2v) is 5.90. The van der Waals surface area contributed by atoms with Gasteiger partial charge in [-0.05, 0) is 47.0 Å². The van der Waals surface area contributed by atoms with Crippen molar-refractivity contribution in [1.82, 2.24) is 4.90 Å². The molecule has 0 radical (unpaired) electrons. The van der Waals surface area contributed by atoms with Crippen molar-refractivity contribution in [3.05, 3.63) is 0 Å². The van der Waals surface area contributed by atoms with Crippen LogP contribution in [0, 0.1) is 0 Å². The maximum Gasteiger partial charge on any atom is 0.234 e. The quantitative estimate of drug-likeness (QED) is 0.665. The number of hydrogen-bond donors (Lipinski definition) is 0. The molecule has 0 aromatic rings. The highest BCUT2D eigenvalue weighted by Crippen LogP contribution is 2.38. The fourth-order valence-corrected chi connectivity index (χ4v) is 2.98. The molecule has 0 saturated carbocycles. The molecule has 1 heterocycles. The molecule has 1 saturated heterocycles. The van der Waals surface area contributed by atoms with Gasteiger partial charge in [-0.2, -0.15) is 0 Å². The van der Waals surface area contributed by atoms with Gasteiger partial charge in [0.25, 0.3) is 0 Å². The van der Waals surface area contributed by atoms with Gasteiger partial charge in [0.1, 0.15) is 0 Å². The number of amides is 1. The second kappa shape index (κ2) is 3.84. The number of rotatable bonds is 1. The van der Waals surface area contributed by atoms with Crippen LogP contribution in [0.4, 0.5) is 0 Å². The Kier molecular flexibility index (Phi) is 3.30. The summed E-state index contributed by atoms with van der Waals surface area (Å²) in [5.74, 6) is 0.208. The van der Waals surface area contributed by atoms with Gasteiger partial charge >= 0.3 is 0 Å². The van der Waals surface area contributed by atoms with Crippen LogP contribution in [-0.4, -0.2) is 27.2 Å². The summed E-state index contributed by atoms with van der Waals surface area (Å²) < 4.78 is 0. The van der Waals surface area contributed by atoms with E-state index in [0.717, 1.165) is 12.8 Å². The smallest absolute Gasteiger partial charge is 0.234 e. The zero-order valence-corrected chi connectivity index (χ0v) is 11.1. The first-order valence-electron chi connectivity index (χ1n) is 5.20. The van der Waals surface area contributed by atoms with Crippen LogP contribution in [0.2, 0.25) is 0 Å². The average molecular weight is 262 g/mol. The molecule has 14 heavy (non-hydrogen) atoms. The monoisotopic (exact) mass is 261 g/mol. The van der Waals surface area contributed by atoms with E-state index in [1.54, 1.807) is 0 Å². The van der Waals surface area contributed by atoms with Gasteiger partial charge in [0.05, 0.1) is 5.33 Å². The number of carbonyl (C=O) groups is 1. The molecule has 3 heteroatoms. The maximum absolute atomic E-state index is 11.9. The number of likely N-dealkylation sites (tertiary alicyclic amines) is 1. The number of carbonyl (C=O) groups excluding carboxylic acids is 1. The van der Waals surface area contributed by atoms with Crippen LogP contribution in [-0.2, 0) is 4.79 Å². The van der Waals surface area contributed by atoms with E-state index < -0.39 is 0 Å². The summed E-state index contributed by atoms with van der Waals surface area (Å²) >= 11 is 3.26. The van der Waals surface area contributed by atoms with Crippen molar-refractivity contribution in [2.75, 3.05) is 5.33 Å². The summed E-state index contributed by atoms with van der Waals surface area (Å²) in [6.07, 6.45) is 3.43. The Hall–Kier alpha value is -0.0500. The Labute approximate surface area is 95.2 Å². The number of halogens is 1. The maximum atomic E-state index is 11.9. The number of hydrogen-bond acceptors (Lipinski definition) is 1. The van der Waals surface area contributed by atoms with Gasteiger partial charge in [-0.25, -0.2) is 0 Å². The van der Waals surface area contributed by atoms with Crippen LogP contribution in [0.5, 0.6) is 0 Å². The molecule has 0 unspecified atom stereocenters. The molecule has 0 spiro atoms. The molecule has 0 atom stereocenters. The Morgan fingerprint density at radius 3 is 2.00 bits per heavy atom. The van der Waals surface area contributed by atoms with Crippen molar-refractivity contribution < 1.29 is 4.79 Å². The van der Waals surface area contributed by atoms with Crippen LogP contribution in [0.25, 0.3) is 0 Å². The molecule has 1 amide bonds. The van der Waals surface area contributed by atoms with Gasteiger partial charge in [0.2, 0.25) is 5.91 Å². The molecule has 0 bridgehead atoms. The third-order valence-corrected chi connectivity index (χ3v) is 3.63. The van der Waals surface area contributed by atoms with Crippen molar-refractivity contribution in [1.29, 1.82) is 0 Å². The minimum atomic E-state index is 0.00655. The molecule has 0 aliphatic carbocycles. The lowest BCUT2D eigenvalue weighted by molar-refractivity contribution is -0.145. The van der Waals surface area contributed by atoms with E-state index >= 15 is 0 Å². The SMILES string of the molecule is CC1(C)CCCC(C)(C)N1C(=O)CBr. The first-order chi connectivity index (χ1) is 6.31. The fraction of sp³-hybridized carbons (Fsp3) is 0.909. The van der Waals surface area contributed by atoms with Gasteiger partial charge in [-0.15, -0.1) is 0 Å². The predicted molar refractivity (Wildman–Crippen MR) is 62.6 cm³/mol. The molecule has 0 aromatic carbocycles. The Bertz CT molecular complexity index is 219. The molecule has 1 aliphatic rings. The highest BCUT2D eigenvalue weighted by molar-refractivity contribution is 9.09. The molecule has 82 valence electrons. The predicted octanol–water partition coefficient (Wildman–Crippen LogP) is 2.95. The molecule has 0 N–H and O–H groups in total. The first kappa shape index (κ1) is 12.0. The largest absolute Gasteiger partial charge is 0.332 e. The fourth-order valence-electron chi connectivity index (χ4n) is 2.73. The standard InChI is InChI=1S/C11H20BrNO/c1-10(2)6-5-7-11(3,4)13(10)9(14)8-12/h5-8H2,1-4H3. The van der Waals surface area contributed by atoms with E-state index in [0.29, 0.717) is 5.33 Å². The van der Waals surface area contributed by atoms with Crippen LogP contribution < -0.4 is 0 Å². The van der Waals surface area contributed by atoms with E-state index in [1.807, 2.05) is 0 Å². The number of nitrogens with zero attached hydrogens (tertiary/aromatic N) is 1. The number of alkyl halides is 1. The van der Waals surface area contributed by atoms with E-state index in [-0.39, 0.29) is 17.0 Å². The van der Waals surface area contributed by atoms with Crippen LogP contribution in [0.3, 0.4) is 0 Å². The molecule has 1 aliphatic heterocycles. The molecule has 0 aromatic heterocycles. The van der Waals surface area contributed by atoms with Gasteiger partial charge in [-0.3, -0.25) is 4.79 Å². The molecule has 2 nitrogen and oxygen atoms in total. The number of piperidine rings is 1. The van der Waals surface area contributed by atoms with E-state index in [9.17, 15) is 4.79 Å². The average Bonchev–Trinajstić information content (AvgIpc) is 2.00. The Balaban J connectivity index is 2.97. The Morgan fingerprint density at radius 2 is 1.64 bits per heavy atom. The second-order valence-electron chi connectivity index (χ2n) is 5.34.